The number of nitrogens with zero attached hydrogens (tertiary/aromatic N) is 3. The molecule has 1 amide bonds. The van der Waals surface area contributed by atoms with E-state index in [-0.39, 0.29) is 18.5 Å². The van der Waals surface area contributed by atoms with Crippen molar-refractivity contribution in [2.45, 2.75) is 18.2 Å². The molecule has 1 saturated heterocycles. The van der Waals surface area contributed by atoms with Crippen LogP contribution in [0.2, 0.25) is 0 Å². The van der Waals surface area contributed by atoms with Gasteiger partial charge in [-0.25, -0.2) is 5.01 Å². The molecule has 1 spiro atoms. The molecule has 0 unspecified atom stereocenters. The Morgan fingerprint density at radius 3 is 2.53 bits per heavy atom. The van der Waals surface area contributed by atoms with Crippen LogP contribution in [0.5, 0.6) is 11.5 Å². The summed E-state index contributed by atoms with van der Waals surface area (Å²) < 4.78 is 9.89. The lowest BCUT2D eigenvalue weighted by Gasteiger charge is -2.38. The minimum atomic E-state index is -1.05. The van der Waals surface area contributed by atoms with E-state index in [1.54, 1.807) is 9.91 Å². The standard InChI is InChI=1S/C27H21N3O4S2/c1-17-7-6-10-21(13-17)30-27(36-25(28-30)18(2)31)29(20-8-4-3-5-9-20)26(32)24(35-27)15-19-11-12-22-23(14-19)34-16-33-22/h3-15H,16H2,1-2H3/b24-15-/t27-/m0/s1. The number of benzene rings is 3. The number of hydrogen-bond donors (Lipinski definition) is 0. The average Bonchev–Trinajstić information content (AvgIpc) is 3.56. The molecule has 7 nitrogen and oxygen atoms in total. The van der Waals surface area contributed by atoms with Gasteiger partial charge < -0.3 is 9.47 Å². The molecule has 0 aliphatic carbocycles. The van der Waals surface area contributed by atoms with E-state index in [2.05, 4.69) is 0 Å². The molecular weight excluding hydrogens is 494 g/mol. The first-order chi connectivity index (χ1) is 17.4. The van der Waals surface area contributed by atoms with E-state index in [4.69, 9.17) is 14.6 Å². The summed E-state index contributed by atoms with van der Waals surface area (Å²) in [6.07, 6.45) is 1.85. The van der Waals surface area contributed by atoms with Gasteiger partial charge in [0.15, 0.2) is 22.3 Å². The minimum absolute atomic E-state index is 0.149. The van der Waals surface area contributed by atoms with Crippen molar-refractivity contribution >= 4 is 57.7 Å². The van der Waals surface area contributed by atoms with E-state index in [0.717, 1.165) is 16.8 Å². The lowest BCUT2D eigenvalue weighted by Crippen LogP contribution is -2.51. The number of hydrogen-bond acceptors (Lipinski definition) is 8. The zero-order valence-corrected chi connectivity index (χ0v) is 21.1. The van der Waals surface area contributed by atoms with Crippen molar-refractivity contribution in [2.75, 3.05) is 16.7 Å². The number of aryl methyl sites for hydroxylation is 1. The number of carbonyl (C=O) groups is 2. The molecule has 1 fully saturated rings. The van der Waals surface area contributed by atoms with Crippen molar-refractivity contribution in [3.8, 4) is 11.5 Å². The fourth-order valence-electron chi connectivity index (χ4n) is 4.24. The topological polar surface area (TPSA) is 71.4 Å². The predicted octanol–water partition coefficient (Wildman–Crippen LogP) is 5.61. The van der Waals surface area contributed by atoms with Crippen LogP contribution in [0, 0.1) is 6.92 Å². The summed E-state index contributed by atoms with van der Waals surface area (Å²) in [4.78, 5) is 28.8. The summed E-state index contributed by atoms with van der Waals surface area (Å²) in [5, 5.41) is 6.86. The highest BCUT2D eigenvalue weighted by atomic mass is 32.2. The molecule has 3 aliphatic rings. The average molecular weight is 516 g/mol. The molecule has 0 radical (unpaired) electrons. The van der Waals surface area contributed by atoms with Gasteiger partial charge in [0.1, 0.15) is 0 Å². The highest BCUT2D eigenvalue weighted by molar-refractivity contribution is 8.29. The van der Waals surface area contributed by atoms with Gasteiger partial charge in [0.25, 0.3) is 5.91 Å². The highest BCUT2D eigenvalue weighted by Crippen LogP contribution is 2.59. The molecule has 3 aromatic rings. The van der Waals surface area contributed by atoms with Crippen LogP contribution in [0.25, 0.3) is 6.08 Å². The second-order valence-electron chi connectivity index (χ2n) is 8.46. The van der Waals surface area contributed by atoms with Gasteiger partial charge in [-0.15, -0.1) is 0 Å². The smallest absolute Gasteiger partial charge is 0.268 e. The van der Waals surface area contributed by atoms with Crippen LogP contribution in [-0.2, 0) is 9.59 Å². The Bertz CT molecular complexity index is 1460. The SMILES string of the molecule is CC(=O)C1=NN(c2cccc(C)c2)[C@]2(S1)S/C(=C\c1ccc3c(c1)OCO3)C(=O)N2c1ccccc1. The summed E-state index contributed by atoms with van der Waals surface area (Å²) in [5.41, 5.74) is 3.38. The molecule has 6 rings (SSSR count). The third-order valence-electron chi connectivity index (χ3n) is 5.88. The maximum absolute atomic E-state index is 14.0. The van der Waals surface area contributed by atoms with Gasteiger partial charge in [0, 0.05) is 12.6 Å². The Labute approximate surface area is 216 Å². The Hall–Kier alpha value is -3.69. The second-order valence-corrected chi connectivity index (χ2v) is 11.1. The number of fused-ring (bicyclic) bond motifs is 1. The molecule has 180 valence electrons. The summed E-state index contributed by atoms with van der Waals surface area (Å²) in [6, 6.07) is 23.0. The van der Waals surface area contributed by atoms with Crippen LogP contribution >= 0.6 is 23.5 Å². The van der Waals surface area contributed by atoms with Crippen molar-refractivity contribution in [3.63, 3.8) is 0 Å². The van der Waals surface area contributed by atoms with E-state index in [1.165, 1.54) is 30.4 Å². The molecule has 0 bridgehead atoms. The quantitative estimate of drug-likeness (QED) is 0.418. The lowest BCUT2D eigenvalue weighted by molar-refractivity contribution is -0.114. The van der Waals surface area contributed by atoms with E-state index >= 15 is 0 Å². The highest BCUT2D eigenvalue weighted by Gasteiger charge is 2.59. The molecule has 0 N–H and O–H groups in total. The number of Topliss-reactive ketones (excluding diaryl/α,β-unsaturated/α-hetero) is 1. The molecule has 3 heterocycles. The number of ether oxygens (including phenoxy) is 2. The largest absolute Gasteiger partial charge is 0.454 e. The summed E-state index contributed by atoms with van der Waals surface area (Å²) in [6.45, 7) is 3.68. The first-order valence-corrected chi connectivity index (χ1v) is 12.9. The lowest BCUT2D eigenvalue weighted by atomic mass is 10.2. The number of thioether (sulfide) groups is 2. The van der Waals surface area contributed by atoms with Crippen molar-refractivity contribution in [2.24, 2.45) is 5.10 Å². The molecule has 0 saturated carbocycles. The number of para-hydroxylation sites is 1. The van der Waals surface area contributed by atoms with Crippen molar-refractivity contribution < 1.29 is 19.1 Å². The number of ketones is 1. The molecule has 36 heavy (non-hydrogen) atoms. The predicted molar refractivity (Wildman–Crippen MR) is 144 cm³/mol. The third kappa shape index (κ3) is 3.75. The Kier molecular flexibility index (Phi) is 5.54. The summed E-state index contributed by atoms with van der Waals surface area (Å²) in [7, 11) is 0. The zero-order chi connectivity index (χ0) is 24.9. The number of hydrazone groups is 1. The summed E-state index contributed by atoms with van der Waals surface area (Å²) in [5.74, 6) is 1.01. The minimum Gasteiger partial charge on any atom is -0.454 e. The number of carbonyl (C=O) groups excluding carboxylic acids is 2. The zero-order valence-electron chi connectivity index (χ0n) is 19.5. The van der Waals surface area contributed by atoms with Gasteiger partial charge in [0.2, 0.25) is 11.1 Å². The van der Waals surface area contributed by atoms with Gasteiger partial charge >= 0.3 is 0 Å². The van der Waals surface area contributed by atoms with E-state index in [0.29, 0.717) is 27.1 Å². The van der Waals surface area contributed by atoms with E-state index < -0.39 is 4.33 Å². The summed E-state index contributed by atoms with van der Waals surface area (Å²) >= 11 is 2.66. The molecule has 3 aliphatic heterocycles. The number of anilines is 2. The van der Waals surface area contributed by atoms with Gasteiger partial charge in [-0.3, -0.25) is 14.5 Å². The molecule has 1 atom stereocenters. The van der Waals surface area contributed by atoms with Gasteiger partial charge in [-0.2, -0.15) is 5.10 Å². The second kappa shape index (κ2) is 8.76. The normalized spacial score (nSPS) is 21.6. The first kappa shape index (κ1) is 22.8. The van der Waals surface area contributed by atoms with Crippen LogP contribution in [0.15, 0.2) is 82.8 Å². The fourth-order valence-corrected chi connectivity index (χ4v) is 7.12. The van der Waals surface area contributed by atoms with Crippen molar-refractivity contribution in [1.82, 2.24) is 0 Å². The fraction of sp³-hybridized carbons (Fsp3) is 0.148. The Morgan fingerprint density at radius 1 is 0.972 bits per heavy atom. The Balaban J connectivity index is 1.50. The van der Waals surface area contributed by atoms with Crippen LogP contribution in [0.3, 0.4) is 0 Å². The molecule has 0 aromatic heterocycles. The van der Waals surface area contributed by atoms with Crippen LogP contribution in [0.1, 0.15) is 18.1 Å². The molecule has 3 aromatic carbocycles. The van der Waals surface area contributed by atoms with Gasteiger partial charge in [0.05, 0.1) is 10.6 Å². The molecule has 9 heteroatoms. The van der Waals surface area contributed by atoms with Crippen molar-refractivity contribution in [3.05, 3.63) is 88.8 Å². The van der Waals surface area contributed by atoms with Crippen LogP contribution in [0.4, 0.5) is 11.4 Å². The number of amides is 1. The maximum atomic E-state index is 14.0. The third-order valence-corrected chi connectivity index (χ3v) is 8.70. The first-order valence-electron chi connectivity index (χ1n) is 11.3. The van der Waals surface area contributed by atoms with E-state index in [9.17, 15) is 9.59 Å². The maximum Gasteiger partial charge on any atom is 0.268 e. The molecular formula is C27H21N3O4S2. The number of rotatable bonds is 4. The van der Waals surface area contributed by atoms with Crippen LogP contribution in [-0.4, -0.2) is 27.9 Å². The van der Waals surface area contributed by atoms with Crippen molar-refractivity contribution in [1.29, 1.82) is 0 Å². The van der Waals surface area contributed by atoms with Gasteiger partial charge in [-0.05, 0) is 72.3 Å². The Morgan fingerprint density at radius 2 is 1.75 bits per heavy atom. The van der Waals surface area contributed by atoms with E-state index in [1.807, 2.05) is 85.8 Å². The van der Waals surface area contributed by atoms with Gasteiger partial charge in [-0.1, -0.05) is 48.2 Å². The van der Waals surface area contributed by atoms with Crippen LogP contribution < -0.4 is 19.4 Å². The monoisotopic (exact) mass is 515 g/mol.